The smallest absolute Gasteiger partial charge is 0.225 e. The van der Waals surface area contributed by atoms with Gasteiger partial charge in [-0.2, -0.15) is 0 Å². The van der Waals surface area contributed by atoms with Crippen molar-refractivity contribution in [3.05, 3.63) is 0 Å². The summed E-state index contributed by atoms with van der Waals surface area (Å²) in [5.41, 5.74) is 0. The van der Waals surface area contributed by atoms with E-state index in [0.29, 0.717) is 6.42 Å². The van der Waals surface area contributed by atoms with Crippen molar-refractivity contribution in [2.24, 2.45) is 5.92 Å². The molecule has 0 aromatic carbocycles. The van der Waals surface area contributed by atoms with Gasteiger partial charge < -0.3 is 15.7 Å². The van der Waals surface area contributed by atoms with Gasteiger partial charge in [-0.25, -0.2) is 0 Å². The highest BCUT2D eigenvalue weighted by atomic mass is 16.3. The molecule has 0 aromatic heterocycles. The van der Waals surface area contributed by atoms with E-state index in [9.17, 15) is 4.79 Å². The van der Waals surface area contributed by atoms with Crippen LogP contribution in [0.5, 0.6) is 0 Å². The molecule has 1 heterocycles. The minimum atomic E-state index is -0.352. The van der Waals surface area contributed by atoms with Crippen LogP contribution < -0.4 is 10.6 Å². The van der Waals surface area contributed by atoms with E-state index >= 15 is 0 Å². The molecule has 2 unspecified atom stereocenters. The average Bonchev–Trinajstić information content (AvgIpc) is 1.78. The van der Waals surface area contributed by atoms with Crippen LogP contribution in [0.4, 0.5) is 0 Å². The minimum absolute atomic E-state index is 0.0631. The topological polar surface area (TPSA) is 61.4 Å². The Kier molecular flexibility index (Phi) is 3.69. The number of aliphatic hydroxyl groups is 1. The van der Waals surface area contributed by atoms with E-state index in [1.54, 1.807) is 6.92 Å². The van der Waals surface area contributed by atoms with Gasteiger partial charge in [0.15, 0.2) is 0 Å². The van der Waals surface area contributed by atoms with Gasteiger partial charge in [0.05, 0.1) is 12.0 Å². The van der Waals surface area contributed by atoms with E-state index in [4.69, 9.17) is 5.11 Å². The molecule has 0 aliphatic carbocycles. The van der Waals surface area contributed by atoms with Crippen molar-refractivity contribution >= 4 is 5.91 Å². The third-order valence-electron chi connectivity index (χ3n) is 2.24. The summed E-state index contributed by atoms with van der Waals surface area (Å²) in [6.45, 7) is 5.21. The first-order valence-electron chi connectivity index (χ1n) is 4.78. The Labute approximate surface area is 78.7 Å². The summed E-state index contributed by atoms with van der Waals surface area (Å²) < 4.78 is 0. The van der Waals surface area contributed by atoms with Gasteiger partial charge in [-0.1, -0.05) is 0 Å². The third-order valence-corrected chi connectivity index (χ3v) is 2.24. The lowest BCUT2D eigenvalue weighted by Crippen LogP contribution is -2.52. The average molecular weight is 186 g/mol. The molecule has 0 bridgehead atoms. The van der Waals surface area contributed by atoms with Gasteiger partial charge in [-0.3, -0.25) is 4.79 Å². The van der Waals surface area contributed by atoms with E-state index in [1.165, 1.54) is 0 Å². The molecule has 2 atom stereocenters. The molecule has 3 N–H and O–H groups in total. The molecule has 1 aliphatic heterocycles. The van der Waals surface area contributed by atoms with Gasteiger partial charge in [0.1, 0.15) is 0 Å². The van der Waals surface area contributed by atoms with Gasteiger partial charge in [-0.15, -0.1) is 0 Å². The Morgan fingerprint density at radius 3 is 2.62 bits per heavy atom. The fraction of sp³-hybridized carbons (Fsp3) is 0.889. The molecule has 0 saturated carbocycles. The summed E-state index contributed by atoms with van der Waals surface area (Å²) in [6.07, 6.45) is 0.265. The number of carbonyl (C=O) groups is 1. The van der Waals surface area contributed by atoms with Crippen LogP contribution in [-0.2, 0) is 4.79 Å². The van der Waals surface area contributed by atoms with Crippen LogP contribution in [0.15, 0.2) is 0 Å². The van der Waals surface area contributed by atoms with Crippen molar-refractivity contribution in [1.82, 2.24) is 10.6 Å². The molecule has 0 aromatic rings. The number of aliphatic hydroxyl groups excluding tert-OH is 1. The van der Waals surface area contributed by atoms with Crippen LogP contribution in [0.3, 0.4) is 0 Å². The van der Waals surface area contributed by atoms with Crippen LogP contribution in [0.2, 0.25) is 0 Å². The van der Waals surface area contributed by atoms with Gasteiger partial charge in [-0.05, 0) is 20.3 Å². The molecule has 1 aliphatic rings. The molecule has 4 nitrogen and oxygen atoms in total. The van der Waals surface area contributed by atoms with Crippen molar-refractivity contribution < 1.29 is 9.90 Å². The Balaban J connectivity index is 2.18. The van der Waals surface area contributed by atoms with Gasteiger partial charge in [0, 0.05) is 19.1 Å². The number of hydrogen-bond donors (Lipinski definition) is 3. The lowest BCUT2D eigenvalue weighted by Gasteiger charge is -2.27. The number of carbonyl (C=O) groups excluding carboxylic acids is 1. The zero-order valence-electron chi connectivity index (χ0n) is 8.21. The maximum Gasteiger partial charge on any atom is 0.225 e. The second-order valence-electron chi connectivity index (χ2n) is 3.85. The Morgan fingerprint density at radius 1 is 1.62 bits per heavy atom. The number of nitrogens with one attached hydrogen (secondary N) is 2. The fourth-order valence-electron chi connectivity index (χ4n) is 1.41. The first kappa shape index (κ1) is 10.5. The first-order valence-corrected chi connectivity index (χ1v) is 4.78. The third kappa shape index (κ3) is 3.32. The standard InChI is InChI=1S/C9H18N2O2/c1-6(3-7(2)12)11-9(13)8-4-10-5-8/h6-8,10,12H,3-5H2,1-2H3,(H,11,13). The maximum atomic E-state index is 11.4. The van der Waals surface area contributed by atoms with Crippen LogP contribution in [0.25, 0.3) is 0 Å². The Morgan fingerprint density at radius 2 is 2.23 bits per heavy atom. The number of hydrogen-bond acceptors (Lipinski definition) is 3. The lowest BCUT2D eigenvalue weighted by molar-refractivity contribution is -0.127. The first-order chi connectivity index (χ1) is 6.09. The van der Waals surface area contributed by atoms with Crippen LogP contribution in [0.1, 0.15) is 20.3 Å². The molecular formula is C9H18N2O2. The molecule has 1 saturated heterocycles. The maximum absolute atomic E-state index is 11.4. The van der Waals surface area contributed by atoms with Gasteiger partial charge >= 0.3 is 0 Å². The molecule has 76 valence electrons. The molecule has 0 radical (unpaired) electrons. The summed E-state index contributed by atoms with van der Waals surface area (Å²) in [6, 6.07) is 0.0631. The summed E-state index contributed by atoms with van der Waals surface area (Å²) >= 11 is 0. The largest absolute Gasteiger partial charge is 0.393 e. The zero-order valence-corrected chi connectivity index (χ0v) is 8.21. The van der Waals surface area contributed by atoms with Gasteiger partial charge in [0.25, 0.3) is 0 Å². The molecule has 0 spiro atoms. The summed E-state index contributed by atoms with van der Waals surface area (Å²) in [4.78, 5) is 11.4. The lowest BCUT2D eigenvalue weighted by atomic mass is 10.0. The highest BCUT2D eigenvalue weighted by molar-refractivity contribution is 5.80. The second kappa shape index (κ2) is 4.58. The predicted molar refractivity (Wildman–Crippen MR) is 50.3 cm³/mol. The van der Waals surface area contributed by atoms with E-state index in [1.807, 2.05) is 6.92 Å². The second-order valence-corrected chi connectivity index (χ2v) is 3.85. The minimum Gasteiger partial charge on any atom is -0.393 e. The highest BCUT2D eigenvalue weighted by Crippen LogP contribution is 2.04. The van der Waals surface area contributed by atoms with Crippen molar-refractivity contribution in [3.8, 4) is 0 Å². The van der Waals surface area contributed by atoms with E-state index < -0.39 is 0 Å². The monoisotopic (exact) mass is 186 g/mol. The zero-order chi connectivity index (χ0) is 9.84. The van der Waals surface area contributed by atoms with Crippen molar-refractivity contribution in [1.29, 1.82) is 0 Å². The summed E-state index contributed by atoms with van der Waals surface area (Å²) in [5, 5.41) is 15.0. The van der Waals surface area contributed by atoms with Crippen molar-refractivity contribution in [2.75, 3.05) is 13.1 Å². The molecule has 1 rings (SSSR count). The molecule has 13 heavy (non-hydrogen) atoms. The Bertz CT molecular complexity index is 178. The normalized spacial score (nSPS) is 21.8. The van der Waals surface area contributed by atoms with Crippen LogP contribution in [0, 0.1) is 5.92 Å². The van der Waals surface area contributed by atoms with Crippen LogP contribution >= 0.6 is 0 Å². The summed E-state index contributed by atoms with van der Waals surface area (Å²) in [7, 11) is 0. The molecule has 4 heteroatoms. The molecule has 1 amide bonds. The van der Waals surface area contributed by atoms with Crippen molar-refractivity contribution in [3.63, 3.8) is 0 Å². The SMILES string of the molecule is CC(O)CC(C)NC(=O)C1CNC1. The highest BCUT2D eigenvalue weighted by Gasteiger charge is 2.25. The Hall–Kier alpha value is -0.610. The number of rotatable bonds is 4. The van der Waals surface area contributed by atoms with Crippen molar-refractivity contribution in [2.45, 2.75) is 32.4 Å². The van der Waals surface area contributed by atoms with E-state index in [0.717, 1.165) is 13.1 Å². The molecule has 1 fully saturated rings. The predicted octanol–water partition coefficient (Wildman–Crippen LogP) is -0.519. The summed E-state index contributed by atoms with van der Waals surface area (Å²) in [5.74, 6) is 0.239. The van der Waals surface area contributed by atoms with Crippen LogP contribution in [-0.4, -0.2) is 36.2 Å². The van der Waals surface area contributed by atoms with E-state index in [-0.39, 0.29) is 24.0 Å². The van der Waals surface area contributed by atoms with E-state index in [2.05, 4.69) is 10.6 Å². The molecular weight excluding hydrogens is 168 g/mol. The number of amides is 1. The van der Waals surface area contributed by atoms with Gasteiger partial charge in [0.2, 0.25) is 5.91 Å². The fourth-order valence-corrected chi connectivity index (χ4v) is 1.41. The quantitative estimate of drug-likeness (QED) is 0.554.